The summed E-state index contributed by atoms with van der Waals surface area (Å²) in [4.78, 5) is 29.0. The molecule has 4 nitrogen and oxygen atoms in total. The molecule has 0 fully saturated rings. The lowest BCUT2D eigenvalue weighted by Crippen LogP contribution is -2.12. The molecule has 1 aromatic heterocycles. The van der Waals surface area contributed by atoms with Crippen molar-refractivity contribution in [3.63, 3.8) is 0 Å². The number of unbranched alkanes of at least 4 members (excludes halogenated alkanes) is 3. The minimum Gasteiger partial charge on any atom is -0.465 e. The number of ketones is 1. The van der Waals surface area contributed by atoms with Crippen LogP contribution in [0, 0.1) is 0 Å². The monoisotopic (exact) mass is 369 g/mol. The van der Waals surface area contributed by atoms with E-state index in [0.717, 1.165) is 55.5 Å². The quantitative estimate of drug-likeness (QED) is 0.323. The van der Waals surface area contributed by atoms with Gasteiger partial charge in [0.25, 0.3) is 0 Å². The molecule has 1 heterocycles. The fraction of sp³-hybridized carbons (Fsp3) is 0.478. The molecule has 1 aromatic carbocycles. The van der Waals surface area contributed by atoms with Crippen LogP contribution in [0.1, 0.15) is 90.0 Å². The predicted octanol–water partition coefficient (Wildman–Crippen LogP) is 5.50. The van der Waals surface area contributed by atoms with E-state index in [-0.39, 0.29) is 5.78 Å². The second-order valence-electron chi connectivity index (χ2n) is 6.97. The van der Waals surface area contributed by atoms with Crippen molar-refractivity contribution >= 4 is 11.8 Å². The summed E-state index contributed by atoms with van der Waals surface area (Å²) >= 11 is 0. The minimum atomic E-state index is -0.421. The Labute approximate surface area is 162 Å². The van der Waals surface area contributed by atoms with Crippen LogP contribution in [0.25, 0.3) is 0 Å². The molecule has 0 aliphatic heterocycles. The number of nitrogens with one attached hydrogen (secondary N) is 1. The van der Waals surface area contributed by atoms with Crippen molar-refractivity contribution in [1.29, 1.82) is 0 Å². The van der Waals surface area contributed by atoms with Crippen LogP contribution in [0.5, 0.6) is 0 Å². The summed E-state index contributed by atoms with van der Waals surface area (Å²) in [5.74, 6) is -0.385. The molecular weight excluding hydrogens is 338 g/mol. The van der Waals surface area contributed by atoms with Gasteiger partial charge in [-0.1, -0.05) is 63.4 Å². The first kappa shape index (κ1) is 20.9. The van der Waals surface area contributed by atoms with E-state index in [0.29, 0.717) is 24.0 Å². The van der Waals surface area contributed by atoms with Gasteiger partial charge in [-0.25, -0.2) is 4.79 Å². The molecule has 0 spiro atoms. The van der Waals surface area contributed by atoms with Crippen molar-refractivity contribution in [3.8, 4) is 0 Å². The molecule has 0 bridgehead atoms. The molecule has 146 valence electrons. The van der Waals surface area contributed by atoms with E-state index in [1.807, 2.05) is 30.3 Å². The maximum absolute atomic E-state index is 13.0. The first-order valence-electron chi connectivity index (χ1n) is 10.0. The van der Waals surface area contributed by atoms with Gasteiger partial charge in [-0.15, -0.1) is 0 Å². The Hall–Kier alpha value is -2.36. The van der Waals surface area contributed by atoms with Gasteiger partial charge in [0.2, 0.25) is 0 Å². The molecule has 1 N–H and O–H groups in total. The van der Waals surface area contributed by atoms with E-state index in [1.165, 1.54) is 7.11 Å². The van der Waals surface area contributed by atoms with Gasteiger partial charge in [0.15, 0.2) is 5.78 Å². The summed E-state index contributed by atoms with van der Waals surface area (Å²) in [7, 11) is 1.38. The summed E-state index contributed by atoms with van der Waals surface area (Å²) < 4.78 is 5.03. The second kappa shape index (κ2) is 10.7. The highest BCUT2D eigenvalue weighted by atomic mass is 16.5. The van der Waals surface area contributed by atoms with Crippen molar-refractivity contribution in [2.24, 2.45) is 0 Å². The Kier molecular flexibility index (Phi) is 8.31. The van der Waals surface area contributed by atoms with Gasteiger partial charge in [-0.2, -0.15) is 0 Å². The molecule has 0 aliphatic rings. The zero-order valence-corrected chi connectivity index (χ0v) is 16.8. The van der Waals surface area contributed by atoms with Gasteiger partial charge in [0.05, 0.1) is 18.2 Å². The highest BCUT2D eigenvalue weighted by Crippen LogP contribution is 2.26. The van der Waals surface area contributed by atoms with E-state index in [2.05, 4.69) is 18.8 Å². The van der Waals surface area contributed by atoms with Crippen LogP contribution in [-0.4, -0.2) is 23.8 Å². The Balaban J connectivity index is 2.46. The molecule has 0 unspecified atom stereocenters. The van der Waals surface area contributed by atoms with Gasteiger partial charge in [-0.3, -0.25) is 4.79 Å². The number of aromatic nitrogens is 1. The van der Waals surface area contributed by atoms with Crippen LogP contribution in [-0.2, 0) is 17.6 Å². The number of H-pyrrole nitrogens is 1. The smallest absolute Gasteiger partial charge is 0.340 e. The van der Waals surface area contributed by atoms with Crippen LogP contribution in [0.15, 0.2) is 30.3 Å². The fourth-order valence-electron chi connectivity index (χ4n) is 3.38. The maximum atomic E-state index is 13.0. The van der Waals surface area contributed by atoms with Crippen LogP contribution in [0.3, 0.4) is 0 Å². The number of aromatic amines is 1. The fourth-order valence-corrected chi connectivity index (χ4v) is 3.38. The van der Waals surface area contributed by atoms with Gasteiger partial charge in [-0.05, 0) is 24.8 Å². The number of esters is 1. The predicted molar refractivity (Wildman–Crippen MR) is 108 cm³/mol. The number of aryl methyl sites for hydroxylation is 1. The number of benzene rings is 1. The molecule has 0 saturated carbocycles. The van der Waals surface area contributed by atoms with Crippen molar-refractivity contribution < 1.29 is 14.3 Å². The van der Waals surface area contributed by atoms with Gasteiger partial charge in [0, 0.05) is 24.2 Å². The zero-order chi connectivity index (χ0) is 19.6. The van der Waals surface area contributed by atoms with E-state index in [1.54, 1.807) is 0 Å². The molecule has 0 aliphatic carbocycles. The normalized spacial score (nSPS) is 10.8. The van der Waals surface area contributed by atoms with E-state index >= 15 is 0 Å². The SMILES string of the molecule is CCCCCC(=O)c1c(Cc2ccccc2)[nH]c(CCCC)c1C(=O)OC. The Morgan fingerprint density at radius 3 is 2.26 bits per heavy atom. The van der Waals surface area contributed by atoms with Crippen LogP contribution >= 0.6 is 0 Å². The molecule has 2 rings (SSSR count). The van der Waals surface area contributed by atoms with Gasteiger partial charge < -0.3 is 9.72 Å². The van der Waals surface area contributed by atoms with Crippen LogP contribution in [0.4, 0.5) is 0 Å². The molecular formula is C23H31NO3. The molecule has 4 heteroatoms. The molecule has 0 atom stereocenters. The minimum absolute atomic E-state index is 0.0359. The first-order valence-corrected chi connectivity index (χ1v) is 10.0. The topological polar surface area (TPSA) is 59.2 Å². The summed E-state index contributed by atoms with van der Waals surface area (Å²) in [6.07, 6.45) is 6.70. The van der Waals surface area contributed by atoms with E-state index < -0.39 is 5.97 Å². The standard InChI is InChI=1S/C23H31NO3/c1-4-6-9-15-20(25)21-19(16-17-12-10-8-11-13-17)24-18(14-7-5-2)22(21)23(26)27-3/h8,10-13,24H,4-7,9,14-16H2,1-3H3. The average molecular weight is 370 g/mol. The zero-order valence-electron chi connectivity index (χ0n) is 16.8. The molecule has 27 heavy (non-hydrogen) atoms. The van der Waals surface area contributed by atoms with Crippen molar-refractivity contribution in [2.45, 2.75) is 65.2 Å². The van der Waals surface area contributed by atoms with Gasteiger partial charge in [0.1, 0.15) is 0 Å². The number of hydrogen-bond acceptors (Lipinski definition) is 3. The Morgan fingerprint density at radius 1 is 0.926 bits per heavy atom. The third-order valence-electron chi connectivity index (χ3n) is 4.84. The van der Waals surface area contributed by atoms with Crippen LogP contribution in [0.2, 0.25) is 0 Å². The van der Waals surface area contributed by atoms with Crippen molar-refractivity contribution in [1.82, 2.24) is 4.98 Å². The Morgan fingerprint density at radius 2 is 1.63 bits per heavy atom. The third kappa shape index (κ3) is 5.56. The highest BCUT2D eigenvalue weighted by Gasteiger charge is 2.27. The number of ether oxygens (including phenoxy) is 1. The summed E-state index contributed by atoms with van der Waals surface area (Å²) in [5.41, 5.74) is 3.74. The third-order valence-corrected chi connectivity index (χ3v) is 4.84. The van der Waals surface area contributed by atoms with Gasteiger partial charge >= 0.3 is 5.97 Å². The number of methoxy groups -OCH3 is 1. The van der Waals surface area contributed by atoms with E-state index in [9.17, 15) is 9.59 Å². The average Bonchev–Trinajstić information content (AvgIpc) is 3.04. The first-order chi connectivity index (χ1) is 13.1. The van der Waals surface area contributed by atoms with Crippen LogP contribution < -0.4 is 0 Å². The number of rotatable bonds is 11. The molecule has 0 radical (unpaired) electrons. The van der Waals surface area contributed by atoms with E-state index in [4.69, 9.17) is 4.74 Å². The Bertz CT molecular complexity index is 746. The number of Topliss-reactive ketones (excluding diaryl/α,β-unsaturated/α-hetero) is 1. The largest absolute Gasteiger partial charge is 0.465 e. The highest BCUT2D eigenvalue weighted by molar-refractivity contribution is 6.08. The number of carbonyl (C=O) groups is 2. The molecule has 0 amide bonds. The number of carbonyl (C=O) groups excluding carboxylic acids is 2. The second-order valence-corrected chi connectivity index (χ2v) is 6.97. The van der Waals surface area contributed by atoms with Crippen molar-refractivity contribution in [3.05, 3.63) is 58.4 Å². The van der Waals surface area contributed by atoms with Crippen molar-refractivity contribution in [2.75, 3.05) is 7.11 Å². The lowest BCUT2D eigenvalue weighted by Gasteiger charge is -2.07. The summed E-state index contributed by atoms with van der Waals surface area (Å²) in [6.45, 7) is 4.23. The molecule has 2 aromatic rings. The summed E-state index contributed by atoms with van der Waals surface area (Å²) in [6, 6.07) is 10.0. The molecule has 0 saturated heterocycles. The number of hydrogen-bond donors (Lipinski definition) is 1. The summed E-state index contributed by atoms with van der Waals surface area (Å²) in [5, 5.41) is 0. The maximum Gasteiger partial charge on any atom is 0.340 e. The lowest BCUT2D eigenvalue weighted by molar-refractivity contribution is 0.0595. The lowest BCUT2D eigenvalue weighted by atomic mass is 9.96.